The molecular formula is C22H28N4O3. The van der Waals surface area contributed by atoms with Gasteiger partial charge in [-0.05, 0) is 48.4 Å². The lowest BCUT2D eigenvalue weighted by Gasteiger charge is -2.13. The van der Waals surface area contributed by atoms with E-state index in [-0.39, 0.29) is 30.7 Å². The van der Waals surface area contributed by atoms with Gasteiger partial charge in [0, 0.05) is 51.5 Å². The number of nitrogens with zero attached hydrogens (tertiary/aromatic N) is 2. The van der Waals surface area contributed by atoms with Crippen molar-refractivity contribution < 1.29 is 14.4 Å². The molecule has 0 aliphatic heterocycles. The van der Waals surface area contributed by atoms with Crippen molar-refractivity contribution in [2.45, 2.75) is 12.8 Å². The van der Waals surface area contributed by atoms with Gasteiger partial charge in [0.1, 0.15) is 0 Å². The van der Waals surface area contributed by atoms with E-state index in [9.17, 15) is 14.4 Å². The number of carbonyl (C=O) groups is 3. The van der Waals surface area contributed by atoms with Crippen LogP contribution in [0.4, 0.5) is 11.4 Å². The number of rotatable bonds is 8. The van der Waals surface area contributed by atoms with Crippen LogP contribution in [-0.4, -0.2) is 57.4 Å². The molecule has 29 heavy (non-hydrogen) atoms. The van der Waals surface area contributed by atoms with Crippen LogP contribution in [0.25, 0.3) is 0 Å². The highest BCUT2D eigenvalue weighted by atomic mass is 16.2. The summed E-state index contributed by atoms with van der Waals surface area (Å²) >= 11 is 0. The average Bonchev–Trinajstić information content (AvgIpc) is 2.71. The highest BCUT2D eigenvalue weighted by molar-refractivity contribution is 5.95. The summed E-state index contributed by atoms with van der Waals surface area (Å²) < 4.78 is 0. The summed E-state index contributed by atoms with van der Waals surface area (Å²) in [5, 5.41) is 5.38. The molecule has 2 aromatic carbocycles. The Hall–Kier alpha value is -3.35. The highest BCUT2D eigenvalue weighted by Crippen LogP contribution is 2.15. The summed E-state index contributed by atoms with van der Waals surface area (Å²) in [5.41, 5.74) is 3.29. The van der Waals surface area contributed by atoms with E-state index in [2.05, 4.69) is 10.6 Å². The van der Waals surface area contributed by atoms with Crippen LogP contribution in [-0.2, 0) is 16.0 Å². The quantitative estimate of drug-likeness (QED) is 0.716. The van der Waals surface area contributed by atoms with Gasteiger partial charge in [-0.15, -0.1) is 0 Å². The van der Waals surface area contributed by atoms with Gasteiger partial charge in [0.25, 0.3) is 5.91 Å². The van der Waals surface area contributed by atoms with Gasteiger partial charge in [0.15, 0.2) is 0 Å². The molecule has 2 aromatic rings. The van der Waals surface area contributed by atoms with Crippen LogP contribution >= 0.6 is 0 Å². The normalized spacial score (nSPS) is 10.2. The molecule has 0 aliphatic rings. The van der Waals surface area contributed by atoms with E-state index in [1.807, 2.05) is 55.4 Å². The molecule has 0 heterocycles. The Bertz CT molecular complexity index is 843. The lowest BCUT2D eigenvalue weighted by atomic mass is 10.1. The van der Waals surface area contributed by atoms with Crippen LogP contribution in [0, 0.1) is 0 Å². The number of carbonyl (C=O) groups excluding carboxylic acids is 3. The maximum Gasteiger partial charge on any atom is 0.253 e. The molecule has 0 saturated heterocycles. The van der Waals surface area contributed by atoms with Crippen LogP contribution in [0.3, 0.4) is 0 Å². The lowest BCUT2D eigenvalue weighted by Crippen LogP contribution is -2.32. The number of amides is 3. The van der Waals surface area contributed by atoms with Crippen LogP contribution < -0.4 is 15.5 Å². The number of hydrogen-bond acceptors (Lipinski definition) is 4. The number of aryl methyl sites for hydroxylation is 1. The molecule has 2 rings (SSSR count). The van der Waals surface area contributed by atoms with E-state index < -0.39 is 0 Å². The third kappa shape index (κ3) is 6.95. The van der Waals surface area contributed by atoms with Gasteiger partial charge in [0.2, 0.25) is 11.8 Å². The van der Waals surface area contributed by atoms with Crippen molar-refractivity contribution in [1.29, 1.82) is 0 Å². The molecule has 7 heteroatoms. The van der Waals surface area contributed by atoms with E-state index >= 15 is 0 Å². The fraction of sp³-hybridized carbons (Fsp3) is 0.318. The average molecular weight is 396 g/mol. The summed E-state index contributed by atoms with van der Waals surface area (Å²) in [6.45, 7) is -0.0788. The second-order valence-electron chi connectivity index (χ2n) is 7.16. The van der Waals surface area contributed by atoms with Gasteiger partial charge in [-0.3, -0.25) is 14.4 Å². The van der Waals surface area contributed by atoms with Crippen LogP contribution in [0.1, 0.15) is 22.3 Å². The number of benzene rings is 2. The van der Waals surface area contributed by atoms with Crippen LogP contribution in [0.5, 0.6) is 0 Å². The highest BCUT2D eigenvalue weighted by Gasteiger charge is 2.09. The van der Waals surface area contributed by atoms with Gasteiger partial charge in [-0.2, -0.15) is 0 Å². The predicted octanol–water partition coefficient (Wildman–Crippen LogP) is 2.14. The molecule has 0 spiro atoms. The first-order chi connectivity index (χ1) is 13.8. The first-order valence-electron chi connectivity index (χ1n) is 9.41. The van der Waals surface area contributed by atoms with E-state index in [4.69, 9.17) is 0 Å². The molecule has 0 aromatic heterocycles. The van der Waals surface area contributed by atoms with Crippen molar-refractivity contribution in [3.8, 4) is 0 Å². The molecule has 0 fully saturated rings. The maximum absolute atomic E-state index is 12.0. The molecule has 0 bridgehead atoms. The zero-order valence-electron chi connectivity index (χ0n) is 17.4. The van der Waals surface area contributed by atoms with Crippen molar-refractivity contribution >= 4 is 29.1 Å². The molecule has 7 nitrogen and oxygen atoms in total. The summed E-state index contributed by atoms with van der Waals surface area (Å²) in [7, 11) is 7.30. The third-order valence-electron chi connectivity index (χ3n) is 4.36. The third-order valence-corrected chi connectivity index (χ3v) is 4.36. The monoisotopic (exact) mass is 396 g/mol. The fourth-order valence-electron chi connectivity index (χ4n) is 2.65. The van der Waals surface area contributed by atoms with Crippen LogP contribution in [0.15, 0.2) is 48.5 Å². The molecule has 0 radical (unpaired) electrons. The molecule has 2 N–H and O–H groups in total. The summed E-state index contributed by atoms with van der Waals surface area (Å²) in [6.07, 6.45) is 0.807. The minimum absolute atomic E-state index is 0.0586. The van der Waals surface area contributed by atoms with Crippen molar-refractivity contribution in [2.75, 3.05) is 45.0 Å². The largest absolute Gasteiger partial charge is 0.378 e. The van der Waals surface area contributed by atoms with Gasteiger partial charge in [-0.25, -0.2) is 0 Å². The second kappa shape index (κ2) is 10.3. The Morgan fingerprint density at radius 1 is 0.828 bits per heavy atom. The number of hydrogen-bond donors (Lipinski definition) is 2. The first kappa shape index (κ1) is 21.9. The van der Waals surface area contributed by atoms with Gasteiger partial charge < -0.3 is 20.4 Å². The van der Waals surface area contributed by atoms with Crippen molar-refractivity contribution in [2.24, 2.45) is 0 Å². The Kier molecular flexibility index (Phi) is 7.77. The van der Waals surface area contributed by atoms with E-state index in [1.54, 1.807) is 26.2 Å². The van der Waals surface area contributed by atoms with Crippen LogP contribution in [0.2, 0.25) is 0 Å². The van der Waals surface area contributed by atoms with Crippen molar-refractivity contribution in [3.05, 3.63) is 59.7 Å². The lowest BCUT2D eigenvalue weighted by molar-refractivity contribution is -0.124. The predicted molar refractivity (Wildman–Crippen MR) is 115 cm³/mol. The fourth-order valence-corrected chi connectivity index (χ4v) is 2.65. The van der Waals surface area contributed by atoms with Crippen molar-refractivity contribution in [3.63, 3.8) is 0 Å². The number of nitrogens with one attached hydrogen (secondary N) is 2. The smallest absolute Gasteiger partial charge is 0.253 e. The van der Waals surface area contributed by atoms with E-state index in [0.717, 1.165) is 11.3 Å². The first-order valence-corrected chi connectivity index (χ1v) is 9.41. The standard InChI is InChI=1S/C22H28N4O3/c1-25(2)19-12-10-18(11-13-19)24-21(28)15-23-20(27)14-7-16-5-8-17(9-6-16)22(29)26(3)4/h5-6,8-13H,7,14-15H2,1-4H3,(H,23,27)(H,24,28). The summed E-state index contributed by atoms with van der Waals surface area (Å²) in [6, 6.07) is 14.6. The topological polar surface area (TPSA) is 81.8 Å². The summed E-state index contributed by atoms with van der Waals surface area (Å²) in [5.74, 6) is -0.532. The zero-order valence-corrected chi connectivity index (χ0v) is 17.4. The Morgan fingerprint density at radius 2 is 1.45 bits per heavy atom. The number of anilines is 2. The van der Waals surface area contributed by atoms with Gasteiger partial charge in [-0.1, -0.05) is 12.1 Å². The Labute approximate surface area is 171 Å². The second-order valence-corrected chi connectivity index (χ2v) is 7.16. The SMILES string of the molecule is CN(C)C(=O)c1ccc(CCC(=O)NCC(=O)Nc2ccc(N(C)C)cc2)cc1. The molecule has 0 atom stereocenters. The molecule has 0 unspecified atom stereocenters. The molecule has 154 valence electrons. The maximum atomic E-state index is 12.0. The summed E-state index contributed by atoms with van der Waals surface area (Å²) in [4.78, 5) is 39.4. The Balaban J connectivity index is 1.73. The minimum Gasteiger partial charge on any atom is -0.378 e. The molecule has 0 aliphatic carbocycles. The van der Waals surface area contributed by atoms with E-state index in [1.165, 1.54) is 4.90 Å². The van der Waals surface area contributed by atoms with Crippen molar-refractivity contribution in [1.82, 2.24) is 10.2 Å². The van der Waals surface area contributed by atoms with E-state index in [0.29, 0.717) is 17.7 Å². The Morgan fingerprint density at radius 3 is 2.00 bits per heavy atom. The molecular weight excluding hydrogens is 368 g/mol. The van der Waals surface area contributed by atoms with Gasteiger partial charge >= 0.3 is 0 Å². The van der Waals surface area contributed by atoms with Gasteiger partial charge in [0.05, 0.1) is 6.54 Å². The molecule has 3 amide bonds. The zero-order chi connectivity index (χ0) is 21.4. The molecule has 0 saturated carbocycles. The minimum atomic E-state index is -0.275.